The lowest BCUT2D eigenvalue weighted by Gasteiger charge is -2.57. The first-order valence-corrected chi connectivity index (χ1v) is 8.24. The predicted octanol–water partition coefficient (Wildman–Crippen LogP) is 1.76. The van der Waals surface area contributed by atoms with Gasteiger partial charge in [-0.3, -0.25) is 4.79 Å². The Kier molecular flexibility index (Phi) is 4.45. The molecule has 2 fully saturated rings. The van der Waals surface area contributed by atoms with Crippen LogP contribution < -0.4 is 11.1 Å². The van der Waals surface area contributed by atoms with Gasteiger partial charge < -0.3 is 20.9 Å². The van der Waals surface area contributed by atoms with Gasteiger partial charge >= 0.3 is 6.03 Å². The average molecular weight is 334 g/mol. The minimum absolute atomic E-state index is 0.119. The number of carbonyl (C=O) groups is 2. The van der Waals surface area contributed by atoms with Gasteiger partial charge in [0.25, 0.3) is 0 Å². The maximum Gasteiger partial charge on any atom is 0.322 e. The van der Waals surface area contributed by atoms with Gasteiger partial charge in [0.15, 0.2) is 0 Å². The molecule has 3 aliphatic rings. The summed E-state index contributed by atoms with van der Waals surface area (Å²) in [5, 5.41) is 2.71. The minimum atomic E-state index is -0.268. The van der Waals surface area contributed by atoms with Gasteiger partial charge in [-0.05, 0) is 43.5 Å². The Bertz CT molecular complexity index is 637. The Hall–Kier alpha value is -2.15. The van der Waals surface area contributed by atoms with Crippen LogP contribution in [0.5, 0.6) is 0 Å². The molecule has 1 saturated heterocycles. The fourth-order valence-electron chi connectivity index (χ4n) is 3.74. The van der Waals surface area contributed by atoms with Crippen LogP contribution >= 0.6 is 0 Å². The molecule has 0 radical (unpaired) electrons. The molecule has 1 aromatic rings. The van der Waals surface area contributed by atoms with Gasteiger partial charge in [-0.1, -0.05) is 0 Å². The third-order valence-corrected chi connectivity index (χ3v) is 4.96. The molecule has 3 N–H and O–H groups in total. The summed E-state index contributed by atoms with van der Waals surface area (Å²) in [5.41, 5.74) is 7.64. The summed E-state index contributed by atoms with van der Waals surface area (Å²) in [6, 6.07) is 4.69. The molecule has 3 amide bonds. The lowest BCUT2D eigenvalue weighted by Crippen LogP contribution is -2.64. The molecular formula is C17H23FN4O2. The van der Waals surface area contributed by atoms with E-state index in [2.05, 4.69) is 5.32 Å². The van der Waals surface area contributed by atoms with Gasteiger partial charge in [-0.2, -0.15) is 0 Å². The zero-order valence-corrected chi connectivity index (χ0v) is 13.8. The number of hydrogen-bond acceptors (Lipinski definition) is 3. The number of rotatable bonds is 2. The van der Waals surface area contributed by atoms with E-state index in [0.717, 1.165) is 37.9 Å². The second-order valence-corrected chi connectivity index (χ2v) is 6.92. The number of carbonyl (C=O) groups excluding carboxylic acids is 2. The first-order valence-electron chi connectivity index (χ1n) is 8.24. The number of halogens is 1. The van der Waals surface area contributed by atoms with E-state index in [4.69, 9.17) is 5.73 Å². The van der Waals surface area contributed by atoms with Crippen molar-refractivity contribution >= 4 is 18.1 Å². The summed E-state index contributed by atoms with van der Waals surface area (Å²) < 4.78 is 12.9. The third kappa shape index (κ3) is 3.21. The summed E-state index contributed by atoms with van der Waals surface area (Å²) in [4.78, 5) is 25.0. The highest BCUT2D eigenvalue weighted by Gasteiger charge is 2.50. The Morgan fingerprint density at radius 1 is 1.42 bits per heavy atom. The molecule has 6 nitrogen and oxygen atoms in total. The molecule has 2 heterocycles. The first kappa shape index (κ1) is 16.7. The standard InChI is InChI=1S/C10H11FN2O.C7H12N2O/c1-2-13-6-7-5-8(11)3-4-9(7)12-10(13)14;8-6-1-7(2-6)3-9(4-7)5-10/h3-5H,2,6H2,1H3,(H,12,14);5-6H,1-4,8H2. The number of benzene rings is 1. The Morgan fingerprint density at radius 2 is 2.12 bits per heavy atom. The van der Waals surface area contributed by atoms with Gasteiger partial charge in [-0.25, -0.2) is 9.18 Å². The predicted molar refractivity (Wildman–Crippen MR) is 88.8 cm³/mol. The number of nitrogens with one attached hydrogen (secondary N) is 1. The fourth-order valence-corrected chi connectivity index (χ4v) is 3.74. The van der Waals surface area contributed by atoms with E-state index in [-0.39, 0.29) is 11.8 Å². The molecule has 0 aromatic heterocycles. The van der Waals surface area contributed by atoms with Crippen LogP contribution in [0, 0.1) is 11.2 Å². The molecule has 1 aromatic carbocycles. The number of urea groups is 1. The van der Waals surface area contributed by atoms with Crippen LogP contribution in [-0.4, -0.2) is 47.9 Å². The average Bonchev–Trinajstić information content (AvgIpc) is 2.49. The van der Waals surface area contributed by atoms with E-state index in [9.17, 15) is 14.0 Å². The largest absolute Gasteiger partial charge is 0.344 e. The molecule has 0 bridgehead atoms. The van der Waals surface area contributed by atoms with Crippen LogP contribution in [0.4, 0.5) is 14.9 Å². The quantitative estimate of drug-likeness (QED) is 0.809. The van der Waals surface area contributed by atoms with E-state index in [0.29, 0.717) is 30.2 Å². The van der Waals surface area contributed by atoms with Gasteiger partial charge in [0.2, 0.25) is 6.41 Å². The van der Waals surface area contributed by atoms with Crippen molar-refractivity contribution in [1.29, 1.82) is 0 Å². The van der Waals surface area contributed by atoms with E-state index in [1.165, 1.54) is 12.1 Å². The number of fused-ring (bicyclic) bond motifs is 1. The number of amides is 3. The third-order valence-electron chi connectivity index (χ3n) is 4.96. The maximum absolute atomic E-state index is 12.9. The van der Waals surface area contributed by atoms with Crippen LogP contribution in [0.3, 0.4) is 0 Å². The summed E-state index contributed by atoms with van der Waals surface area (Å²) in [7, 11) is 0. The summed E-state index contributed by atoms with van der Waals surface area (Å²) in [6.45, 7) is 4.90. The van der Waals surface area contributed by atoms with Gasteiger partial charge in [0.05, 0.1) is 0 Å². The molecule has 1 spiro atoms. The van der Waals surface area contributed by atoms with E-state index >= 15 is 0 Å². The van der Waals surface area contributed by atoms with E-state index in [1.807, 2.05) is 11.8 Å². The van der Waals surface area contributed by atoms with Crippen LogP contribution in [0.1, 0.15) is 25.3 Å². The molecule has 24 heavy (non-hydrogen) atoms. The summed E-state index contributed by atoms with van der Waals surface area (Å²) >= 11 is 0. The minimum Gasteiger partial charge on any atom is -0.344 e. The molecule has 7 heteroatoms. The van der Waals surface area contributed by atoms with Gasteiger partial charge in [0.1, 0.15) is 5.82 Å². The van der Waals surface area contributed by atoms with Crippen molar-refractivity contribution in [2.45, 2.75) is 32.4 Å². The summed E-state index contributed by atoms with van der Waals surface area (Å²) in [6.07, 6.45) is 3.17. The second-order valence-electron chi connectivity index (χ2n) is 6.92. The van der Waals surface area contributed by atoms with Crippen molar-refractivity contribution in [2.24, 2.45) is 11.1 Å². The zero-order chi connectivity index (χ0) is 17.3. The maximum atomic E-state index is 12.9. The molecular weight excluding hydrogens is 311 g/mol. The summed E-state index contributed by atoms with van der Waals surface area (Å²) in [5.74, 6) is -0.268. The highest BCUT2D eigenvalue weighted by atomic mass is 19.1. The lowest BCUT2D eigenvalue weighted by molar-refractivity contribution is -0.137. The van der Waals surface area contributed by atoms with Crippen LogP contribution in [0.25, 0.3) is 0 Å². The van der Waals surface area contributed by atoms with E-state index < -0.39 is 0 Å². The Balaban J connectivity index is 0.000000149. The monoisotopic (exact) mass is 334 g/mol. The number of nitrogens with two attached hydrogens (primary N) is 1. The van der Waals surface area contributed by atoms with Crippen LogP contribution in [0.15, 0.2) is 18.2 Å². The van der Waals surface area contributed by atoms with Crippen molar-refractivity contribution in [1.82, 2.24) is 9.80 Å². The highest BCUT2D eigenvalue weighted by molar-refractivity contribution is 5.92. The molecule has 0 atom stereocenters. The molecule has 1 saturated carbocycles. The van der Waals surface area contributed by atoms with Crippen LogP contribution in [0.2, 0.25) is 0 Å². The number of hydrogen-bond donors (Lipinski definition) is 2. The highest BCUT2D eigenvalue weighted by Crippen LogP contribution is 2.46. The Morgan fingerprint density at radius 3 is 2.71 bits per heavy atom. The van der Waals surface area contributed by atoms with Crippen molar-refractivity contribution in [3.8, 4) is 0 Å². The normalized spacial score (nSPS) is 21.0. The van der Waals surface area contributed by atoms with Crippen molar-refractivity contribution in [3.63, 3.8) is 0 Å². The molecule has 4 rings (SSSR count). The number of likely N-dealkylation sites (tertiary alicyclic amines) is 1. The van der Waals surface area contributed by atoms with Crippen molar-refractivity contribution in [2.75, 3.05) is 25.0 Å². The van der Waals surface area contributed by atoms with Crippen LogP contribution in [-0.2, 0) is 11.3 Å². The second kappa shape index (κ2) is 6.39. The van der Waals surface area contributed by atoms with E-state index in [1.54, 1.807) is 11.0 Å². The topological polar surface area (TPSA) is 78.7 Å². The fraction of sp³-hybridized carbons (Fsp3) is 0.529. The lowest BCUT2D eigenvalue weighted by atomic mass is 9.61. The first-order chi connectivity index (χ1) is 11.4. The van der Waals surface area contributed by atoms with Crippen molar-refractivity contribution in [3.05, 3.63) is 29.6 Å². The molecule has 1 aliphatic carbocycles. The smallest absolute Gasteiger partial charge is 0.322 e. The molecule has 0 unspecified atom stereocenters. The number of nitrogens with zero attached hydrogens (tertiary/aromatic N) is 2. The number of anilines is 1. The van der Waals surface area contributed by atoms with Crippen molar-refractivity contribution < 1.29 is 14.0 Å². The van der Waals surface area contributed by atoms with Gasteiger partial charge in [-0.15, -0.1) is 0 Å². The molecule has 130 valence electrons. The zero-order valence-electron chi connectivity index (χ0n) is 13.8. The SMILES string of the molecule is CCN1Cc2cc(F)ccc2NC1=O.NC1CC2(C1)CN(C=O)C2. The Labute approximate surface area is 140 Å². The van der Waals surface area contributed by atoms with Gasteiger partial charge in [0, 0.05) is 43.3 Å². The molecule has 2 aliphatic heterocycles.